The Hall–Kier alpha value is -2.47. The Kier molecular flexibility index (Phi) is 4.27. The number of carboxylic acids is 1. The summed E-state index contributed by atoms with van der Waals surface area (Å²) in [5.74, 6) is -1.37. The molecule has 104 valence electrons. The predicted octanol–water partition coefficient (Wildman–Crippen LogP) is 1.37. The molecule has 1 unspecified atom stereocenters. The number of pyridine rings is 1. The summed E-state index contributed by atoms with van der Waals surface area (Å²) < 4.78 is 0. The van der Waals surface area contributed by atoms with Gasteiger partial charge in [-0.05, 0) is 23.9 Å². The van der Waals surface area contributed by atoms with Crippen LogP contribution < -0.4 is 11.1 Å². The molecule has 1 aromatic heterocycles. The Labute approximate surface area is 115 Å². The first-order chi connectivity index (χ1) is 9.58. The first-order valence-electron chi connectivity index (χ1n) is 6.19. The van der Waals surface area contributed by atoms with Crippen molar-refractivity contribution >= 4 is 28.3 Å². The first kappa shape index (κ1) is 14.0. The van der Waals surface area contributed by atoms with E-state index < -0.39 is 17.9 Å². The van der Waals surface area contributed by atoms with Crippen LogP contribution in [0.3, 0.4) is 0 Å². The smallest absolute Gasteiger partial charge is 0.303 e. The van der Waals surface area contributed by atoms with Gasteiger partial charge in [-0.1, -0.05) is 12.1 Å². The van der Waals surface area contributed by atoms with E-state index in [2.05, 4.69) is 10.3 Å². The van der Waals surface area contributed by atoms with Gasteiger partial charge in [0.25, 0.3) is 0 Å². The SMILES string of the molecule is NC(CCC(=O)O)C(=O)Nc1cccc2ccncc12. The number of fused-ring (bicyclic) bond motifs is 1. The third-order valence-corrected chi connectivity index (χ3v) is 2.95. The maximum absolute atomic E-state index is 11.9. The minimum atomic E-state index is -0.970. The average Bonchev–Trinajstić information content (AvgIpc) is 2.45. The van der Waals surface area contributed by atoms with Crippen molar-refractivity contribution in [2.75, 3.05) is 5.32 Å². The van der Waals surface area contributed by atoms with Crippen LogP contribution in [0.2, 0.25) is 0 Å². The van der Waals surface area contributed by atoms with E-state index in [9.17, 15) is 9.59 Å². The van der Waals surface area contributed by atoms with Crippen LogP contribution in [-0.4, -0.2) is 28.0 Å². The van der Waals surface area contributed by atoms with Gasteiger partial charge in [0.2, 0.25) is 5.91 Å². The molecule has 0 aliphatic heterocycles. The second-order valence-corrected chi connectivity index (χ2v) is 4.43. The number of carboxylic acid groups (broad SMARTS) is 1. The Morgan fingerprint density at radius 3 is 2.90 bits per heavy atom. The Morgan fingerprint density at radius 2 is 2.15 bits per heavy atom. The zero-order valence-corrected chi connectivity index (χ0v) is 10.7. The van der Waals surface area contributed by atoms with Crippen molar-refractivity contribution in [3.05, 3.63) is 36.7 Å². The Bertz CT molecular complexity index is 637. The Balaban J connectivity index is 2.12. The van der Waals surface area contributed by atoms with E-state index in [1.54, 1.807) is 18.5 Å². The van der Waals surface area contributed by atoms with Crippen LogP contribution >= 0.6 is 0 Å². The molecule has 0 saturated heterocycles. The van der Waals surface area contributed by atoms with Crippen LogP contribution in [0.1, 0.15) is 12.8 Å². The van der Waals surface area contributed by atoms with Gasteiger partial charge in [-0.3, -0.25) is 14.6 Å². The number of benzene rings is 1. The molecule has 0 saturated carbocycles. The summed E-state index contributed by atoms with van der Waals surface area (Å²) in [5, 5.41) is 13.1. The summed E-state index contributed by atoms with van der Waals surface area (Å²) in [6.07, 6.45) is 3.30. The molecule has 20 heavy (non-hydrogen) atoms. The van der Waals surface area contributed by atoms with Gasteiger partial charge in [0.15, 0.2) is 0 Å². The summed E-state index contributed by atoms with van der Waals surface area (Å²) >= 11 is 0. The van der Waals surface area contributed by atoms with Gasteiger partial charge in [-0.15, -0.1) is 0 Å². The lowest BCUT2D eigenvalue weighted by Crippen LogP contribution is -2.36. The van der Waals surface area contributed by atoms with Crippen molar-refractivity contribution in [2.24, 2.45) is 5.73 Å². The first-order valence-corrected chi connectivity index (χ1v) is 6.19. The van der Waals surface area contributed by atoms with Crippen LogP contribution in [0.25, 0.3) is 10.8 Å². The molecule has 0 aliphatic rings. The lowest BCUT2D eigenvalue weighted by Gasteiger charge is -2.12. The molecule has 2 rings (SSSR count). The average molecular weight is 273 g/mol. The highest BCUT2D eigenvalue weighted by atomic mass is 16.4. The van der Waals surface area contributed by atoms with Gasteiger partial charge in [0, 0.05) is 24.2 Å². The van der Waals surface area contributed by atoms with Crippen molar-refractivity contribution < 1.29 is 14.7 Å². The molecule has 0 fully saturated rings. The van der Waals surface area contributed by atoms with Crippen LogP contribution in [0.4, 0.5) is 5.69 Å². The number of nitrogens with two attached hydrogens (primary N) is 1. The fourth-order valence-corrected chi connectivity index (χ4v) is 1.86. The van der Waals surface area contributed by atoms with Gasteiger partial charge in [0.05, 0.1) is 11.7 Å². The molecule has 1 aromatic carbocycles. The summed E-state index contributed by atoms with van der Waals surface area (Å²) in [7, 11) is 0. The number of carbonyl (C=O) groups is 2. The second kappa shape index (κ2) is 6.12. The van der Waals surface area contributed by atoms with Crippen LogP contribution in [0.5, 0.6) is 0 Å². The molecule has 1 amide bonds. The molecule has 2 aromatic rings. The number of hydrogen-bond acceptors (Lipinski definition) is 4. The molecular formula is C14H15N3O3. The summed E-state index contributed by atoms with van der Waals surface area (Å²) in [5.41, 5.74) is 6.28. The highest BCUT2D eigenvalue weighted by Gasteiger charge is 2.15. The lowest BCUT2D eigenvalue weighted by molar-refractivity contribution is -0.137. The summed E-state index contributed by atoms with van der Waals surface area (Å²) in [6.45, 7) is 0. The highest BCUT2D eigenvalue weighted by molar-refractivity contribution is 6.03. The van der Waals surface area contributed by atoms with Gasteiger partial charge in [-0.2, -0.15) is 0 Å². The van der Waals surface area contributed by atoms with Gasteiger partial charge >= 0.3 is 5.97 Å². The zero-order chi connectivity index (χ0) is 14.5. The van der Waals surface area contributed by atoms with E-state index in [0.717, 1.165) is 10.8 Å². The monoisotopic (exact) mass is 273 g/mol. The molecule has 0 bridgehead atoms. The number of nitrogens with zero attached hydrogens (tertiary/aromatic N) is 1. The van der Waals surface area contributed by atoms with Crippen molar-refractivity contribution in [1.29, 1.82) is 0 Å². The number of amides is 1. The number of hydrogen-bond donors (Lipinski definition) is 3. The fourth-order valence-electron chi connectivity index (χ4n) is 1.86. The largest absolute Gasteiger partial charge is 0.481 e. The van der Waals surface area contributed by atoms with Crippen molar-refractivity contribution in [1.82, 2.24) is 4.98 Å². The van der Waals surface area contributed by atoms with E-state index in [4.69, 9.17) is 10.8 Å². The third kappa shape index (κ3) is 3.30. The van der Waals surface area contributed by atoms with E-state index in [0.29, 0.717) is 5.69 Å². The van der Waals surface area contributed by atoms with E-state index >= 15 is 0 Å². The van der Waals surface area contributed by atoms with E-state index in [1.807, 2.05) is 18.2 Å². The van der Waals surface area contributed by atoms with Gasteiger partial charge in [0.1, 0.15) is 0 Å². The number of carbonyl (C=O) groups excluding carboxylic acids is 1. The topological polar surface area (TPSA) is 105 Å². The molecular weight excluding hydrogens is 258 g/mol. The van der Waals surface area contributed by atoms with E-state index in [1.165, 1.54) is 0 Å². The van der Waals surface area contributed by atoms with Gasteiger partial charge < -0.3 is 16.2 Å². The van der Waals surface area contributed by atoms with Crippen molar-refractivity contribution in [3.8, 4) is 0 Å². The number of rotatable bonds is 5. The normalized spacial score (nSPS) is 12.1. The minimum absolute atomic E-state index is 0.101. The number of nitrogens with one attached hydrogen (secondary N) is 1. The number of aromatic nitrogens is 1. The standard InChI is InChI=1S/C14H15N3O3/c15-11(4-5-13(18)19)14(20)17-12-3-1-2-9-6-7-16-8-10(9)12/h1-3,6-8,11H,4-5,15H2,(H,17,20)(H,18,19). The van der Waals surface area contributed by atoms with Crippen LogP contribution in [0, 0.1) is 0 Å². The molecule has 1 heterocycles. The molecule has 0 aliphatic carbocycles. The zero-order valence-electron chi connectivity index (χ0n) is 10.7. The van der Waals surface area contributed by atoms with Gasteiger partial charge in [-0.25, -0.2) is 0 Å². The van der Waals surface area contributed by atoms with Crippen molar-refractivity contribution in [2.45, 2.75) is 18.9 Å². The van der Waals surface area contributed by atoms with Crippen LogP contribution in [-0.2, 0) is 9.59 Å². The van der Waals surface area contributed by atoms with Crippen LogP contribution in [0.15, 0.2) is 36.7 Å². The van der Waals surface area contributed by atoms with E-state index in [-0.39, 0.29) is 12.8 Å². The molecule has 6 heteroatoms. The fraction of sp³-hybridized carbons (Fsp3) is 0.214. The summed E-state index contributed by atoms with van der Waals surface area (Å²) in [6, 6.07) is 6.48. The minimum Gasteiger partial charge on any atom is -0.481 e. The maximum atomic E-state index is 11.9. The Morgan fingerprint density at radius 1 is 1.35 bits per heavy atom. The summed E-state index contributed by atoms with van der Waals surface area (Å²) in [4.78, 5) is 26.4. The van der Waals surface area contributed by atoms with Crippen molar-refractivity contribution in [3.63, 3.8) is 0 Å². The maximum Gasteiger partial charge on any atom is 0.303 e. The highest BCUT2D eigenvalue weighted by Crippen LogP contribution is 2.22. The third-order valence-electron chi connectivity index (χ3n) is 2.95. The molecule has 4 N–H and O–H groups in total. The number of anilines is 1. The number of aliphatic carboxylic acids is 1. The molecule has 6 nitrogen and oxygen atoms in total. The molecule has 1 atom stereocenters. The second-order valence-electron chi connectivity index (χ2n) is 4.43. The lowest BCUT2D eigenvalue weighted by atomic mass is 10.1. The quantitative estimate of drug-likeness (QED) is 0.763. The molecule has 0 spiro atoms. The predicted molar refractivity (Wildman–Crippen MR) is 75.2 cm³/mol. The molecule has 0 radical (unpaired) electrons.